The van der Waals surface area contributed by atoms with Crippen LogP contribution in [0, 0.1) is 0 Å². The highest BCUT2D eigenvalue weighted by Gasteiger charge is 2.35. The average molecular weight is 408 g/mol. The number of rotatable bonds is 15. The zero-order valence-electron chi connectivity index (χ0n) is 18.5. The lowest BCUT2D eigenvalue weighted by atomic mass is 10.4. The molecule has 0 saturated heterocycles. The standard InChI is InChI=1S/C18H45NO3Si3/c1-10-21-25(12-3,22-11-2)18-14-17-20-16-13-15-19(23(4,5)6)24(7,8)9/h10-18H2,1-9H3. The van der Waals surface area contributed by atoms with Crippen LogP contribution in [0.2, 0.25) is 51.4 Å². The van der Waals surface area contributed by atoms with Crippen LogP contribution in [-0.4, -0.2) is 62.2 Å². The fraction of sp³-hybridized carbons (Fsp3) is 1.00. The molecule has 0 saturated carbocycles. The first-order valence-electron chi connectivity index (χ1n) is 10.2. The summed E-state index contributed by atoms with van der Waals surface area (Å²) in [6, 6.07) is 2.07. The summed E-state index contributed by atoms with van der Waals surface area (Å²) in [5, 5.41) is 0. The van der Waals surface area contributed by atoms with E-state index in [0.717, 1.165) is 51.4 Å². The molecule has 0 aliphatic carbocycles. The van der Waals surface area contributed by atoms with Gasteiger partial charge in [-0.15, -0.1) is 0 Å². The van der Waals surface area contributed by atoms with Crippen LogP contribution in [0.15, 0.2) is 0 Å². The van der Waals surface area contributed by atoms with E-state index in [9.17, 15) is 0 Å². The summed E-state index contributed by atoms with van der Waals surface area (Å²) in [5.74, 6) is 0. The summed E-state index contributed by atoms with van der Waals surface area (Å²) in [6.07, 6.45) is 2.19. The lowest BCUT2D eigenvalue weighted by Crippen LogP contribution is -2.59. The molecule has 0 atom stereocenters. The van der Waals surface area contributed by atoms with Crippen LogP contribution in [0.4, 0.5) is 0 Å². The Hall–Kier alpha value is 0.491. The summed E-state index contributed by atoms with van der Waals surface area (Å²) < 4.78 is 20.8. The summed E-state index contributed by atoms with van der Waals surface area (Å²) in [5.41, 5.74) is 0. The van der Waals surface area contributed by atoms with Gasteiger partial charge in [0.1, 0.15) is 16.5 Å². The second kappa shape index (κ2) is 12.0. The quantitative estimate of drug-likeness (QED) is 0.272. The molecule has 0 aliphatic rings. The zero-order chi connectivity index (χ0) is 19.6. The van der Waals surface area contributed by atoms with E-state index >= 15 is 0 Å². The second-order valence-corrected chi connectivity index (χ2v) is 22.5. The molecule has 4 nitrogen and oxygen atoms in total. The Morgan fingerprint density at radius 1 is 0.720 bits per heavy atom. The van der Waals surface area contributed by atoms with Gasteiger partial charge < -0.3 is 17.8 Å². The predicted molar refractivity (Wildman–Crippen MR) is 118 cm³/mol. The highest BCUT2D eigenvalue weighted by atomic mass is 28.4. The van der Waals surface area contributed by atoms with Crippen molar-refractivity contribution < 1.29 is 13.6 Å². The third-order valence-corrected chi connectivity index (χ3v) is 16.0. The third kappa shape index (κ3) is 10.4. The minimum atomic E-state index is -1.98. The second-order valence-electron chi connectivity index (χ2n) is 8.69. The zero-order valence-corrected chi connectivity index (χ0v) is 21.5. The van der Waals surface area contributed by atoms with Crippen molar-refractivity contribution in [2.24, 2.45) is 0 Å². The number of ether oxygens (including phenoxy) is 1. The average Bonchev–Trinajstić information content (AvgIpc) is 2.47. The van der Waals surface area contributed by atoms with E-state index in [-0.39, 0.29) is 0 Å². The van der Waals surface area contributed by atoms with Crippen LogP contribution < -0.4 is 0 Å². The Bertz CT molecular complexity index is 323. The molecular weight excluding hydrogens is 362 g/mol. The molecule has 0 bridgehead atoms. The summed E-state index contributed by atoms with van der Waals surface area (Å²) in [4.78, 5) is 0. The van der Waals surface area contributed by atoms with Crippen molar-refractivity contribution in [2.75, 3.05) is 33.0 Å². The normalized spacial score (nSPS) is 13.7. The van der Waals surface area contributed by atoms with E-state index in [0.29, 0.717) is 0 Å². The molecule has 0 aromatic heterocycles. The largest absolute Gasteiger partial charge is 0.394 e. The van der Waals surface area contributed by atoms with E-state index in [1.807, 2.05) is 0 Å². The maximum Gasteiger partial charge on any atom is 0.337 e. The Morgan fingerprint density at radius 3 is 1.60 bits per heavy atom. The van der Waals surface area contributed by atoms with Gasteiger partial charge in [0.05, 0.1) is 0 Å². The van der Waals surface area contributed by atoms with Gasteiger partial charge in [-0.1, -0.05) is 46.2 Å². The fourth-order valence-electron chi connectivity index (χ4n) is 3.64. The molecule has 0 rings (SSSR count). The fourth-order valence-corrected chi connectivity index (χ4v) is 16.2. The van der Waals surface area contributed by atoms with Gasteiger partial charge in [-0.3, -0.25) is 0 Å². The van der Waals surface area contributed by atoms with Crippen LogP contribution in [-0.2, 0) is 13.6 Å². The van der Waals surface area contributed by atoms with E-state index in [4.69, 9.17) is 13.6 Å². The number of nitrogens with zero attached hydrogens (tertiary/aromatic N) is 1. The van der Waals surface area contributed by atoms with Crippen molar-refractivity contribution in [3.05, 3.63) is 0 Å². The molecule has 0 aromatic rings. The molecule has 0 unspecified atom stereocenters. The van der Waals surface area contributed by atoms with Crippen molar-refractivity contribution in [3.63, 3.8) is 0 Å². The molecule has 0 fully saturated rings. The lowest BCUT2D eigenvalue weighted by molar-refractivity contribution is 0.124. The van der Waals surface area contributed by atoms with Gasteiger partial charge >= 0.3 is 8.56 Å². The van der Waals surface area contributed by atoms with E-state index in [2.05, 4.69) is 64.3 Å². The first-order valence-corrected chi connectivity index (χ1v) is 19.3. The maximum atomic E-state index is 6.02. The van der Waals surface area contributed by atoms with Crippen molar-refractivity contribution in [2.45, 2.75) is 85.0 Å². The van der Waals surface area contributed by atoms with Crippen LogP contribution >= 0.6 is 0 Å². The SMILES string of the molecule is CCO[Si](CC)(CCCOCCCN([Si](C)(C)C)[Si](C)(C)C)OCC. The van der Waals surface area contributed by atoms with Crippen LogP contribution in [0.1, 0.15) is 33.6 Å². The molecule has 25 heavy (non-hydrogen) atoms. The van der Waals surface area contributed by atoms with Gasteiger partial charge in [-0.25, -0.2) is 0 Å². The van der Waals surface area contributed by atoms with Crippen LogP contribution in [0.5, 0.6) is 0 Å². The van der Waals surface area contributed by atoms with Crippen molar-refractivity contribution >= 4 is 25.0 Å². The molecule has 7 heteroatoms. The number of hydrogen-bond donors (Lipinski definition) is 0. The van der Waals surface area contributed by atoms with E-state index in [1.54, 1.807) is 0 Å². The Labute approximate surface area is 161 Å². The van der Waals surface area contributed by atoms with Crippen molar-refractivity contribution in [1.82, 2.24) is 4.23 Å². The first-order chi connectivity index (χ1) is 11.5. The Morgan fingerprint density at radius 2 is 1.20 bits per heavy atom. The topological polar surface area (TPSA) is 30.9 Å². The van der Waals surface area contributed by atoms with Crippen molar-refractivity contribution in [1.29, 1.82) is 0 Å². The summed E-state index contributed by atoms with van der Waals surface area (Å²) >= 11 is 0. The smallest absolute Gasteiger partial charge is 0.337 e. The van der Waals surface area contributed by atoms with Gasteiger partial charge in [0.25, 0.3) is 0 Å². The van der Waals surface area contributed by atoms with Crippen LogP contribution in [0.3, 0.4) is 0 Å². The molecule has 0 aliphatic heterocycles. The van der Waals surface area contributed by atoms with Gasteiger partial charge in [-0.05, 0) is 45.3 Å². The molecule has 0 aromatic carbocycles. The highest BCUT2D eigenvalue weighted by molar-refractivity contribution is 6.89. The van der Waals surface area contributed by atoms with Gasteiger partial charge in [0.2, 0.25) is 0 Å². The third-order valence-electron chi connectivity index (χ3n) is 4.49. The molecule has 152 valence electrons. The molecule has 0 heterocycles. The Kier molecular flexibility index (Phi) is 12.3. The summed E-state index contributed by atoms with van der Waals surface area (Å²) in [7, 11) is -4.45. The maximum absolute atomic E-state index is 6.02. The van der Waals surface area contributed by atoms with E-state index in [1.165, 1.54) is 6.54 Å². The number of hydrogen-bond acceptors (Lipinski definition) is 4. The molecule has 0 spiro atoms. The van der Waals surface area contributed by atoms with Crippen molar-refractivity contribution in [3.8, 4) is 0 Å². The van der Waals surface area contributed by atoms with E-state index < -0.39 is 25.0 Å². The molecule has 0 radical (unpaired) electrons. The van der Waals surface area contributed by atoms with Gasteiger partial charge in [0.15, 0.2) is 0 Å². The summed E-state index contributed by atoms with van der Waals surface area (Å²) in [6.45, 7) is 25.5. The molecule has 0 amide bonds. The molecular formula is C18H45NO3Si3. The highest BCUT2D eigenvalue weighted by Crippen LogP contribution is 2.21. The van der Waals surface area contributed by atoms with Gasteiger partial charge in [-0.2, -0.15) is 0 Å². The monoisotopic (exact) mass is 407 g/mol. The lowest BCUT2D eigenvalue weighted by Gasteiger charge is -2.43. The first kappa shape index (κ1) is 25.5. The minimum absolute atomic E-state index is 0.754. The molecule has 0 N–H and O–H groups in total. The predicted octanol–water partition coefficient (Wildman–Crippen LogP) is 5.29. The Balaban J connectivity index is 4.13. The minimum Gasteiger partial charge on any atom is -0.394 e. The van der Waals surface area contributed by atoms with Crippen LogP contribution in [0.25, 0.3) is 0 Å². The van der Waals surface area contributed by atoms with Gasteiger partial charge in [0, 0.05) is 26.4 Å².